The Kier molecular flexibility index (Phi) is 4.87. The Hall–Kier alpha value is -1.47. The van der Waals surface area contributed by atoms with E-state index in [2.05, 4.69) is 28.6 Å². The van der Waals surface area contributed by atoms with Gasteiger partial charge in [0.2, 0.25) is 0 Å². The molecule has 0 unspecified atom stereocenters. The second kappa shape index (κ2) is 6.19. The Balaban J connectivity index is 3.12. The van der Waals surface area contributed by atoms with Crippen molar-refractivity contribution in [3.8, 4) is 17.6 Å². The van der Waals surface area contributed by atoms with Crippen molar-refractivity contribution in [3.05, 3.63) is 34.8 Å². The molecule has 0 radical (unpaired) electrons. The zero-order chi connectivity index (χ0) is 12.0. The van der Waals surface area contributed by atoms with Gasteiger partial charge in [-0.15, -0.1) is 0 Å². The summed E-state index contributed by atoms with van der Waals surface area (Å²) < 4.78 is 11.6. The largest absolute Gasteiger partial charge is 0.490 e. The van der Waals surface area contributed by atoms with Crippen LogP contribution in [0.4, 0.5) is 0 Å². The fourth-order valence-electron chi connectivity index (χ4n) is 1.18. The number of ether oxygens (including phenoxy) is 2. The van der Waals surface area contributed by atoms with Crippen LogP contribution in [0.5, 0.6) is 11.5 Å². The van der Waals surface area contributed by atoms with Crippen LogP contribution in [0.2, 0.25) is 0 Å². The summed E-state index contributed by atoms with van der Waals surface area (Å²) in [6, 6.07) is 5.42. The SMILES string of the molecule is C=CCOc1c(Br)cc(C#N)cc1OCC. The van der Waals surface area contributed by atoms with Crippen LogP contribution < -0.4 is 9.47 Å². The van der Waals surface area contributed by atoms with Crippen LogP contribution in [0, 0.1) is 11.3 Å². The van der Waals surface area contributed by atoms with E-state index in [1.807, 2.05) is 6.92 Å². The van der Waals surface area contributed by atoms with E-state index >= 15 is 0 Å². The molecule has 0 aliphatic rings. The van der Waals surface area contributed by atoms with Crippen molar-refractivity contribution in [3.63, 3.8) is 0 Å². The van der Waals surface area contributed by atoms with Gasteiger partial charge in [0.1, 0.15) is 6.61 Å². The molecule has 0 heterocycles. The summed E-state index contributed by atoms with van der Waals surface area (Å²) >= 11 is 3.35. The van der Waals surface area contributed by atoms with E-state index in [0.29, 0.717) is 34.7 Å². The standard InChI is InChI=1S/C12H12BrNO2/c1-3-5-16-12-10(13)6-9(8-14)7-11(12)15-4-2/h3,6-7H,1,4-5H2,2H3. The molecule has 16 heavy (non-hydrogen) atoms. The molecule has 84 valence electrons. The highest BCUT2D eigenvalue weighted by molar-refractivity contribution is 9.10. The fourth-order valence-corrected chi connectivity index (χ4v) is 1.73. The topological polar surface area (TPSA) is 42.2 Å². The van der Waals surface area contributed by atoms with Crippen molar-refractivity contribution in [2.24, 2.45) is 0 Å². The molecule has 0 aliphatic heterocycles. The summed E-state index contributed by atoms with van der Waals surface area (Å²) in [5, 5.41) is 8.84. The predicted octanol–water partition coefficient (Wildman–Crippen LogP) is 3.28. The molecule has 0 bridgehead atoms. The minimum Gasteiger partial charge on any atom is -0.490 e. The van der Waals surface area contributed by atoms with E-state index in [9.17, 15) is 0 Å². The van der Waals surface area contributed by atoms with Gasteiger partial charge >= 0.3 is 0 Å². The Morgan fingerprint density at radius 1 is 1.50 bits per heavy atom. The molecule has 0 saturated heterocycles. The molecule has 0 atom stereocenters. The van der Waals surface area contributed by atoms with Crippen LogP contribution in [0.3, 0.4) is 0 Å². The van der Waals surface area contributed by atoms with E-state index < -0.39 is 0 Å². The lowest BCUT2D eigenvalue weighted by Crippen LogP contribution is -2.00. The number of nitrogens with zero attached hydrogens (tertiary/aromatic N) is 1. The van der Waals surface area contributed by atoms with Gasteiger partial charge in [0.05, 0.1) is 22.7 Å². The molecule has 0 spiro atoms. The van der Waals surface area contributed by atoms with E-state index in [-0.39, 0.29) is 0 Å². The number of hydrogen-bond donors (Lipinski definition) is 0. The van der Waals surface area contributed by atoms with Crippen molar-refractivity contribution in [2.45, 2.75) is 6.92 Å². The zero-order valence-electron chi connectivity index (χ0n) is 9.00. The summed E-state index contributed by atoms with van der Waals surface area (Å²) in [7, 11) is 0. The highest BCUT2D eigenvalue weighted by Gasteiger charge is 2.11. The lowest BCUT2D eigenvalue weighted by molar-refractivity contribution is 0.295. The van der Waals surface area contributed by atoms with Crippen LogP contribution >= 0.6 is 15.9 Å². The van der Waals surface area contributed by atoms with Crippen molar-refractivity contribution >= 4 is 15.9 Å². The number of rotatable bonds is 5. The number of halogens is 1. The van der Waals surface area contributed by atoms with Gasteiger partial charge in [0.15, 0.2) is 11.5 Å². The van der Waals surface area contributed by atoms with Gasteiger partial charge in [-0.05, 0) is 28.9 Å². The Morgan fingerprint density at radius 3 is 2.81 bits per heavy atom. The van der Waals surface area contributed by atoms with Crippen LogP contribution in [0.25, 0.3) is 0 Å². The Bertz CT molecular complexity index is 424. The van der Waals surface area contributed by atoms with Crippen LogP contribution in [0.15, 0.2) is 29.3 Å². The first kappa shape index (κ1) is 12.6. The van der Waals surface area contributed by atoms with Crippen molar-refractivity contribution < 1.29 is 9.47 Å². The van der Waals surface area contributed by atoms with E-state index in [1.54, 1.807) is 18.2 Å². The lowest BCUT2D eigenvalue weighted by atomic mass is 10.2. The van der Waals surface area contributed by atoms with Crippen molar-refractivity contribution in [1.82, 2.24) is 0 Å². The molecular formula is C12H12BrNO2. The van der Waals surface area contributed by atoms with Crippen LogP contribution in [-0.4, -0.2) is 13.2 Å². The van der Waals surface area contributed by atoms with E-state index in [0.717, 1.165) is 0 Å². The first-order chi connectivity index (χ1) is 7.72. The van der Waals surface area contributed by atoms with Gasteiger partial charge < -0.3 is 9.47 Å². The third kappa shape index (κ3) is 3.01. The zero-order valence-corrected chi connectivity index (χ0v) is 10.6. The van der Waals surface area contributed by atoms with E-state index in [1.165, 1.54) is 0 Å². The molecule has 1 rings (SSSR count). The normalized spacial score (nSPS) is 9.31. The number of nitriles is 1. The lowest BCUT2D eigenvalue weighted by Gasteiger charge is -2.12. The monoisotopic (exact) mass is 281 g/mol. The summed E-state index contributed by atoms with van der Waals surface area (Å²) in [5.74, 6) is 1.16. The van der Waals surface area contributed by atoms with Crippen molar-refractivity contribution in [2.75, 3.05) is 13.2 Å². The molecule has 0 amide bonds. The molecular weight excluding hydrogens is 270 g/mol. The molecule has 3 nitrogen and oxygen atoms in total. The summed E-state index contributed by atoms with van der Waals surface area (Å²) in [6.45, 7) is 6.37. The minimum absolute atomic E-state index is 0.393. The van der Waals surface area contributed by atoms with Gasteiger partial charge in [-0.3, -0.25) is 0 Å². The second-order valence-electron chi connectivity index (χ2n) is 2.93. The van der Waals surface area contributed by atoms with Crippen molar-refractivity contribution in [1.29, 1.82) is 5.26 Å². The summed E-state index contributed by atoms with van der Waals surface area (Å²) in [5.41, 5.74) is 0.529. The molecule has 0 aromatic heterocycles. The van der Waals surface area contributed by atoms with Gasteiger partial charge in [-0.2, -0.15) is 5.26 Å². The molecule has 1 aromatic carbocycles. The molecule has 0 fully saturated rings. The second-order valence-corrected chi connectivity index (χ2v) is 3.78. The molecule has 0 N–H and O–H groups in total. The maximum Gasteiger partial charge on any atom is 0.175 e. The maximum atomic E-state index is 8.84. The van der Waals surface area contributed by atoms with E-state index in [4.69, 9.17) is 14.7 Å². The third-order valence-corrected chi connectivity index (χ3v) is 2.37. The quantitative estimate of drug-likeness (QED) is 0.778. The highest BCUT2D eigenvalue weighted by Crippen LogP contribution is 2.36. The molecule has 0 aliphatic carbocycles. The third-order valence-electron chi connectivity index (χ3n) is 1.78. The summed E-state index contributed by atoms with van der Waals surface area (Å²) in [4.78, 5) is 0. The van der Waals surface area contributed by atoms with Gasteiger partial charge in [0.25, 0.3) is 0 Å². The summed E-state index contributed by atoms with van der Waals surface area (Å²) in [6.07, 6.45) is 1.65. The molecule has 0 saturated carbocycles. The Morgan fingerprint density at radius 2 is 2.25 bits per heavy atom. The number of hydrogen-bond acceptors (Lipinski definition) is 3. The molecule has 4 heteroatoms. The smallest absolute Gasteiger partial charge is 0.175 e. The van der Waals surface area contributed by atoms with Gasteiger partial charge in [-0.25, -0.2) is 0 Å². The number of benzene rings is 1. The van der Waals surface area contributed by atoms with Gasteiger partial charge in [0, 0.05) is 6.07 Å². The first-order valence-corrected chi connectivity index (χ1v) is 5.62. The minimum atomic E-state index is 0.393. The Labute approximate surface area is 103 Å². The maximum absolute atomic E-state index is 8.84. The highest BCUT2D eigenvalue weighted by atomic mass is 79.9. The fraction of sp³-hybridized carbons (Fsp3) is 0.250. The van der Waals surface area contributed by atoms with Gasteiger partial charge in [-0.1, -0.05) is 12.7 Å². The molecule has 1 aromatic rings. The average Bonchev–Trinajstić information content (AvgIpc) is 2.28. The van der Waals surface area contributed by atoms with Crippen LogP contribution in [0.1, 0.15) is 12.5 Å². The predicted molar refractivity (Wildman–Crippen MR) is 65.7 cm³/mol. The van der Waals surface area contributed by atoms with Crippen LogP contribution in [-0.2, 0) is 0 Å². The average molecular weight is 282 g/mol. The first-order valence-electron chi connectivity index (χ1n) is 4.83.